The Morgan fingerprint density at radius 1 is 1.09 bits per heavy atom. The fraction of sp³-hybridized carbons (Fsp3) is 0.308. The van der Waals surface area contributed by atoms with E-state index in [1.54, 1.807) is 48.7 Å². The van der Waals surface area contributed by atoms with Crippen molar-refractivity contribution in [3.05, 3.63) is 89.5 Å². The third kappa shape index (κ3) is 5.87. The van der Waals surface area contributed by atoms with Crippen LogP contribution < -0.4 is 9.47 Å². The molecule has 33 heavy (non-hydrogen) atoms. The molecule has 0 spiro atoms. The molecule has 1 aliphatic rings. The van der Waals surface area contributed by atoms with Gasteiger partial charge in [-0.1, -0.05) is 24.3 Å². The van der Waals surface area contributed by atoms with Gasteiger partial charge >= 0.3 is 0 Å². The summed E-state index contributed by atoms with van der Waals surface area (Å²) in [4.78, 5) is 19.0. The number of pyridine rings is 1. The number of carbonyl (C=O) groups is 1. The zero-order chi connectivity index (χ0) is 23.0. The number of rotatable bonds is 9. The van der Waals surface area contributed by atoms with Gasteiger partial charge in [0.15, 0.2) is 11.5 Å². The monoisotopic (exact) mass is 450 g/mol. The molecule has 1 aromatic heterocycles. The van der Waals surface area contributed by atoms with E-state index in [1.807, 2.05) is 24.3 Å². The van der Waals surface area contributed by atoms with Crippen LogP contribution in [0.5, 0.6) is 11.5 Å². The summed E-state index contributed by atoms with van der Waals surface area (Å²) in [6.07, 6.45) is 4.63. The Labute approximate surface area is 192 Å². The van der Waals surface area contributed by atoms with E-state index >= 15 is 0 Å². The van der Waals surface area contributed by atoms with Crippen LogP contribution in [0.3, 0.4) is 0 Å². The molecule has 2 heterocycles. The Balaban J connectivity index is 1.54. The second-order valence-corrected chi connectivity index (χ2v) is 7.92. The molecule has 172 valence electrons. The summed E-state index contributed by atoms with van der Waals surface area (Å²) in [7, 11) is 1.56. The Morgan fingerprint density at radius 2 is 1.88 bits per heavy atom. The molecule has 0 aliphatic carbocycles. The number of aromatic nitrogens is 1. The number of nitrogens with zero attached hydrogens (tertiary/aromatic N) is 2. The van der Waals surface area contributed by atoms with Crippen molar-refractivity contribution in [2.75, 3.05) is 13.7 Å². The maximum atomic E-state index is 14.0. The van der Waals surface area contributed by atoms with Gasteiger partial charge in [0.2, 0.25) is 0 Å². The minimum Gasteiger partial charge on any atom is -0.493 e. The number of carbonyl (C=O) groups excluding carboxylic acids is 1. The SMILES string of the molecule is COc1ccc(CN(Cc2ccncc2)C(=O)C2CCCO2)cc1OCc1ccccc1F. The molecule has 6 nitrogen and oxygen atoms in total. The number of methoxy groups -OCH3 is 1. The van der Waals surface area contributed by atoms with Gasteiger partial charge in [-0.2, -0.15) is 0 Å². The van der Waals surface area contributed by atoms with E-state index in [0.29, 0.717) is 36.8 Å². The van der Waals surface area contributed by atoms with Crippen molar-refractivity contribution in [3.8, 4) is 11.5 Å². The van der Waals surface area contributed by atoms with Crippen LogP contribution in [0, 0.1) is 5.82 Å². The lowest BCUT2D eigenvalue weighted by Crippen LogP contribution is -2.38. The maximum absolute atomic E-state index is 14.0. The molecule has 0 saturated carbocycles. The lowest BCUT2D eigenvalue weighted by atomic mass is 10.1. The Kier molecular flexibility index (Phi) is 7.52. The zero-order valence-corrected chi connectivity index (χ0v) is 18.6. The van der Waals surface area contributed by atoms with Crippen molar-refractivity contribution in [3.63, 3.8) is 0 Å². The quantitative estimate of drug-likeness (QED) is 0.480. The van der Waals surface area contributed by atoms with Gasteiger partial charge in [-0.25, -0.2) is 4.39 Å². The molecule has 0 N–H and O–H groups in total. The average molecular weight is 451 g/mol. The minimum absolute atomic E-state index is 0.0334. The zero-order valence-electron chi connectivity index (χ0n) is 18.6. The number of ether oxygens (including phenoxy) is 3. The topological polar surface area (TPSA) is 60.9 Å². The third-order valence-electron chi connectivity index (χ3n) is 5.58. The Morgan fingerprint density at radius 3 is 2.61 bits per heavy atom. The number of hydrogen-bond acceptors (Lipinski definition) is 5. The molecule has 0 bridgehead atoms. The van der Waals surface area contributed by atoms with E-state index in [4.69, 9.17) is 14.2 Å². The summed E-state index contributed by atoms with van der Waals surface area (Å²) in [5.74, 6) is 0.681. The van der Waals surface area contributed by atoms with Crippen molar-refractivity contribution >= 4 is 5.91 Å². The smallest absolute Gasteiger partial charge is 0.252 e. The highest BCUT2D eigenvalue weighted by Crippen LogP contribution is 2.30. The Bertz CT molecular complexity index is 1070. The summed E-state index contributed by atoms with van der Waals surface area (Å²) in [6.45, 7) is 1.50. The van der Waals surface area contributed by atoms with E-state index < -0.39 is 6.10 Å². The fourth-order valence-electron chi connectivity index (χ4n) is 3.82. The van der Waals surface area contributed by atoms with Crippen LogP contribution in [0.15, 0.2) is 67.0 Å². The first kappa shape index (κ1) is 22.7. The van der Waals surface area contributed by atoms with Crippen LogP contribution in [0.25, 0.3) is 0 Å². The summed E-state index contributed by atoms with van der Waals surface area (Å²) in [5, 5.41) is 0. The summed E-state index contributed by atoms with van der Waals surface area (Å²) in [6, 6.07) is 15.8. The van der Waals surface area contributed by atoms with Crippen LogP contribution in [0.1, 0.15) is 29.5 Å². The van der Waals surface area contributed by atoms with Crippen LogP contribution >= 0.6 is 0 Å². The molecule has 3 aromatic rings. The minimum atomic E-state index is -0.415. The first-order chi connectivity index (χ1) is 16.1. The first-order valence-electron chi connectivity index (χ1n) is 11.0. The van der Waals surface area contributed by atoms with E-state index in [0.717, 1.165) is 24.0 Å². The molecule has 1 atom stereocenters. The van der Waals surface area contributed by atoms with Gasteiger partial charge in [0, 0.05) is 37.7 Å². The van der Waals surface area contributed by atoms with Crippen LogP contribution in [-0.2, 0) is 29.2 Å². The van der Waals surface area contributed by atoms with Gasteiger partial charge < -0.3 is 19.1 Å². The highest BCUT2D eigenvalue weighted by molar-refractivity contribution is 5.81. The van der Waals surface area contributed by atoms with Gasteiger partial charge in [-0.3, -0.25) is 9.78 Å². The predicted octanol–water partition coefficient (Wildman–Crippen LogP) is 4.52. The van der Waals surface area contributed by atoms with Crippen molar-refractivity contribution < 1.29 is 23.4 Å². The standard InChI is InChI=1S/C26H27FN2O4/c1-31-23-9-8-20(15-25(23)33-18-21-5-2-3-6-22(21)27)17-29(16-19-10-12-28-13-11-19)26(30)24-7-4-14-32-24/h2-3,5-6,8-13,15,24H,4,7,14,16-18H2,1H3. The number of amides is 1. The van der Waals surface area contributed by atoms with Crippen LogP contribution in [0.2, 0.25) is 0 Å². The summed E-state index contributed by atoms with van der Waals surface area (Å²) >= 11 is 0. The van der Waals surface area contributed by atoms with Gasteiger partial charge in [0.1, 0.15) is 18.5 Å². The largest absolute Gasteiger partial charge is 0.493 e. The van der Waals surface area contributed by atoms with Crippen molar-refractivity contribution in [1.29, 1.82) is 0 Å². The molecule has 4 rings (SSSR count). The first-order valence-corrected chi connectivity index (χ1v) is 11.0. The molecule has 7 heteroatoms. The number of hydrogen-bond donors (Lipinski definition) is 0. The van der Waals surface area contributed by atoms with E-state index in [9.17, 15) is 9.18 Å². The highest BCUT2D eigenvalue weighted by Gasteiger charge is 2.28. The third-order valence-corrected chi connectivity index (χ3v) is 5.58. The molecular weight excluding hydrogens is 423 g/mol. The normalized spacial score (nSPS) is 15.3. The second kappa shape index (κ2) is 10.9. The van der Waals surface area contributed by atoms with Gasteiger partial charge in [0.05, 0.1) is 7.11 Å². The molecule has 1 unspecified atom stereocenters. The van der Waals surface area contributed by atoms with Gasteiger partial charge in [0.25, 0.3) is 5.91 Å². The molecule has 1 aliphatic heterocycles. The van der Waals surface area contributed by atoms with Crippen molar-refractivity contribution in [1.82, 2.24) is 9.88 Å². The van der Waals surface area contributed by atoms with E-state index in [2.05, 4.69) is 4.98 Å². The molecule has 2 aromatic carbocycles. The van der Waals surface area contributed by atoms with E-state index in [-0.39, 0.29) is 18.3 Å². The van der Waals surface area contributed by atoms with Gasteiger partial charge in [-0.15, -0.1) is 0 Å². The number of halogens is 1. The Hall–Kier alpha value is -3.45. The number of benzene rings is 2. The molecule has 1 amide bonds. The lowest BCUT2D eigenvalue weighted by molar-refractivity contribution is -0.142. The van der Waals surface area contributed by atoms with Crippen LogP contribution in [0.4, 0.5) is 4.39 Å². The average Bonchev–Trinajstić information content (AvgIpc) is 3.38. The fourth-order valence-corrected chi connectivity index (χ4v) is 3.82. The van der Waals surface area contributed by atoms with Crippen molar-refractivity contribution in [2.45, 2.75) is 38.6 Å². The lowest BCUT2D eigenvalue weighted by Gasteiger charge is -2.26. The second-order valence-electron chi connectivity index (χ2n) is 7.92. The molecule has 0 radical (unpaired) electrons. The maximum Gasteiger partial charge on any atom is 0.252 e. The van der Waals surface area contributed by atoms with Crippen LogP contribution in [-0.4, -0.2) is 35.6 Å². The van der Waals surface area contributed by atoms with Gasteiger partial charge in [-0.05, 0) is 54.3 Å². The molecule has 1 saturated heterocycles. The summed E-state index contributed by atoms with van der Waals surface area (Å²) < 4.78 is 31.0. The highest BCUT2D eigenvalue weighted by atomic mass is 19.1. The predicted molar refractivity (Wildman–Crippen MR) is 121 cm³/mol. The van der Waals surface area contributed by atoms with E-state index in [1.165, 1.54) is 6.07 Å². The van der Waals surface area contributed by atoms with Crippen molar-refractivity contribution in [2.24, 2.45) is 0 Å². The molecular formula is C26H27FN2O4. The molecule has 1 fully saturated rings. The summed E-state index contributed by atoms with van der Waals surface area (Å²) in [5.41, 5.74) is 2.32.